The van der Waals surface area contributed by atoms with E-state index in [1.807, 2.05) is 6.07 Å². The van der Waals surface area contributed by atoms with Crippen LogP contribution in [0.15, 0.2) is 24.3 Å². The van der Waals surface area contributed by atoms with Crippen molar-refractivity contribution in [2.45, 2.75) is 19.9 Å². The van der Waals surface area contributed by atoms with E-state index in [1.165, 1.54) is 6.92 Å². The maximum atomic E-state index is 11.7. The van der Waals surface area contributed by atoms with Gasteiger partial charge in [0.1, 0.15) is 0 Å². The smallest absolute Gasteiger partial charge is 0.307 e. The molecule has 1 aromatic rings. The second-order valence-electron chi connectivity index (χ2n) is 4.89. The van der Waals surface area contributed by atoms with Crippen LogP contribution < -0.4 is 10.6 Å². The first kappa shape index (κ1) is 14.0. The minimum atomic E-state index is -0.919. The molecule has 0 saturated heterocycles. The number of hydrogen-bond donors (Lipinski definition) is 3. The van der Waals surface area contributed by atoms with Gasteiger partial charge in [-0.2, -0.15) is 0 Å². The summed E-state index contributed by atoms with van der Waals surface area (Å²) in [5.74, 6) is -2.26. The van der Waals surface area contributed by atoms with Gasteiger partial charge in [0, 0.05) is 19.2 Å². The van der Waals surface area contributed by atoms with Gasteiger partial charge < -0.3 is 15.7 Å². The Balaban J connectivity index is 1.86. The molecule has 2 atom stereocenters. The van der Waals surface area contributed by atoms with Gasteiger partial charge in [0.2, 0.25) is 11.8 Å². The quantitative estimate of drug-likeness (QED) is 0.747. The number of rotatable bonds is 5. The van der Waals surface area contributed by atoms with Gasteiger partial charge in [-0.15, -0.1) is 0 Å². The molecule has 2 unspecified atom stereocenters. The minimum absolute atomic E-state index is 0.159. The summed E-state index contributed by atoms with van der Waals surface area (Å²) in [6.45, 7) is 1.74. The van der Waals surface area contributed by atoms with E-state index in [-0.39, 0.29) is 11.8 Å². The fourth-order valence-corrected chi connectivity index (χ4v) is 2.04. The van der Waals surface area contributed by atoms with Crippen molar-refractivity contribution in [3.63, 3.8) is 0 Å². The van der Waals surface area contributed by atoms with Crippen molar-refractivity contribution in [1.82, 2.24) is 5.32 Å². The number of benzene rings is 1. The lowest BCUT2D eigenvalue weighted by atomic mass is 10.2. The highest BCUT2D eigenvalue weighted by Crippen LogP contribution is 2.38. The SMILES string of the molecule is CC(=O)Nc1cccc(CNC(=O)C2CC2C(=O)O)c1. The lowest BCUT2D eigenvalue weighted by molar-refractivity contribution is -0.140. The number of nitrogens with one attached hydrogen (secondary N) is 2. The first-order valence-electron chi connectivity index (χ1n) is 6.34. The normalized spacial score (nSPS) is 20.1. The zero-order valence-electron chi connectivity index (χ0n) is 11.1. The molecule has 0 aromatic heterocycles. The van der Waals surface area contributed by atoms with Crippen LogP contribution in [0.4, 0.5) is 5.69 Å². The zero-order valence-corrected chi connectivity index (χ0v) is 11.1. The van der Waals surface area contributed by atoms with E-state index in [4.69, 9.17) is 5.11 Å². The van der Waals surface area contributed by atoms with Crippen LogP contribution in [0.1, 0.15) is 18.9 Å². The molecule has 1 aliphatic rings. The van der Waals surface area contributed by atoms with Crippen molar-refractivity contribution < 1.29 is 19.5 Å². The van der Waals surface area contributed by atoms with Crippen molar-refractivity contribution in [3.8, 4) is 0 Å². The minimum Gasteiger partial charge on any atom is -0.481 e. The number of anilines is 1. The van der Waals surface area contributed by atoms with E-state index in [0.717, 1.165) is 5.56 Å². The van der Waals surface area contributed by atoms with Gasteiger partial charge in [-0.1, -0.05) is 12.1 Å². The molecule has 0 heterocycles. The number of carbonyl (C=O) groups excluding carboxylic acids is 2. The average molecular weight is 276 g/mol. The van der Waals surface area contributed by atoms with Crippen LogP contribution in [-0.4, -0.2) is 22.9 Å². The average Bonchev–Trinajstić information content (AvgIpc) is 3.16. The molecular weight excluding hydrogens is 260 g/mol. The van der Waals surface area contributed by atoms with E-state index in [1.54, 1.807) is 18.2 Å². The maximum absolute atomic E-state index is 11.7. The zero-order chi connectivity index (χ0) is 14.7. The third-order valence-corrected chi connectivity index (χ3v) is 3.16. The third-order valence-electron chi connectivity index (χ3n) is 3.16. The lowest BCUT2D eigenvalue weighted by Gasteiger charge is -2.07. The van der Waals surface area contributed by atoms with E-state index in [2.05, 4.69) is 10.6 Å². The Morgan fingerprint density at radius 3 is 2.65 bits per heavy atom. The van der Waals surface area contributed by atoms with Gasteiger partial charge in [0.15, 0.2) is 0 Å². The topological polar surface area (TPSA) is 95.5 Å². The molecule has 1 fully saturated rings. The summed E-state index contributed by atoms with van der Waals surface area (Å²) in [4.78, 5) is 33.3. The molecule has 3 N–H and O–H groups in total. The Morgan fingerprint density at radius 1 is 1.30 bits per heavy atom. The highest BCUT2D eigenvalue weighted by molar-refractivity contribution is 5.90. The van der Waals surface area contributed by atoms with E-state index >= 15 is 0 Å². The summed E-state index contributed by atoms with van der Waals surface area (Å²) < 4.78 is 0. The van der Waals surface area contributed by atoms with Crippen molar-refractivity contribution in [2.24, 2.45) is 11.8 Å². The summed E-state index contributed by atoms with van der Waals surface area (Å²) in [5, 5.41) is 14.1. The Hall–Kier alpha value is -2.37. The standard InChI is InChI=1S/C14H16N2O4/c1-8(17)16-10-4-2-3-9(5-10)7-15-13(18)11-6-12(11)14(19)20/h2-5,11-12H,6-7H2,1H3,(H,15,18)(H,16,17)(H,19,20). The van der Waals surface area contributed by atoms with Crippen LogP contribution in [0.25, 0.3) is 0 Å². The van der Waals surface area contributed by atoms with Crippen LogP contribution >= 0.6 is 0 Å². The molecule has 6 nitrogen and oxygen atoms in total. The van der Waals surface area contributed by atoms with Crippen LogP contribution in [0.3, 0.4) is 0 Å². The molecule has 0 aliphatic heterocycles. The summed E-state index contributed by atoms with van der Waals surface area (Å²) >= 11 is 0. The molecule has 2 amide bonds. The van der Waals surface area contributed by atoms with Gasteiger partial charge in [-0.3, -0.25) is 14.4 Å². The first-order valence-corrected chi connectivity index (χ1v) is 6.34. The molecule has 6 heteroatoms. The van der Waals surface area contributed by atoms with E-state index in [9.17, 15) is 14.4 Å². The fourth-order valence-electron chi connectivity index (χ4n) is 2.04. The van der Waals surface area contributed by atoms with E-state index in [0.29, 0.717) is 18.7 Å². The van der Waals surface area contributed by atoms with Crippen molar-refractivity contribution in [2.75, 3.05) is 5.32 Å². The lowest BCUT2D eigenvalue weighted by Crippen LogP contribution is -2.25. The van der Waals surface area contributed by atoms with Gasteiger partial charge in [-0.25, -0.2) is 0 Å². The third kappa shape index (κ3) is 3.57. The van der Waals surface area contributed by atoms with Crippen LogP contribution in [0.5, 0.6) is 0 Å². The van der Waals surface area contributed by atoms with Crippen LogP contribution in [0.2, 0.25) is 0 Å². The predicted octanol–water partition coefficient (Wildman–Crippen LogP) is 0.982. The number of carboxylic acid groups (broad SMARTS) is 1. The Morgan fingerprint density at radius 2 is 2.05 bits per heavy atom. The molecule has 0 radical (unpaired) electrons. The Labute approximate surface area is 116 Å². The van der Waals surface area contributed by atoms with Gasteiger partial charge >= 0.3 is 5.97 Å². The molecule has 1 aliphatic carbocycles. The molecule has 2 rings (SSSR count). The summed E-state index contributed by atoms with van der Waals surface area (Å²) in [6, 6.07) is 7.13. The van der Waals surface area contributed by atoms with Gasteiger partial charge in [0.25, 0.3) is 0 Å². The number of hydrogen-bond acceptors (Lipinski definition) is 3. The second kappa shape index (κ2) is 5.73. The van der Waals surface area contributed by atoms with Crippen molar-refractivity contribution >= 4 is 23.5 Å². The summed E-state index contributed by atoms with van der Waals surface area (Å²) in [7, 11) is 0. The molecule has 0 bridgehead atoms. The molecule has 1 aromatic carbocycles. The van der Waals surface area contributed by atoms with Crippen LogP contribution in [0, 0.1) is 11.8 Å². The fraction of sp³-hybridized carbons (Fsp3) is 0.357. The summed E-state index contributed by atoms with van der Waals surface area (Å²) in [6.07, 6.45) is 0.410. The highest BCUT2D eigenvalue weighted by atomic mass is 16.4. The number of carbonyl (C=O) groups is 3. The van der Waals surface area contributed by atoms with Crippen LogP contribution in [-0.2, 0) is 20.9 Å². The largest absolute Gasteiger partial charge is 0.481 e. The molecule has 106 valence electrons. The van der Waals surface area contributed by atoms with Crippen molar-refractivity contribution in [1.29, 1.82) is 0 Å². The monoisotopic (exact) mass is 276 g/mol. The van der Waals surface area contributed by atoms with E-state index < -0.39 is 17.8 Å². The van der Waals surface area contributed by atoms with Gasteiger partial charge in [0.05, 0.1) is 11.8 Å². The number of carboxylic acids is 1. The van der Waals surface area contributed by atoms with Gasteiger partial charge in [-0.05, 0) is 24.1 Å². The number of aliphatic carboxylic acids is 1. The molecule has 1 saturated carbocycles. The second-order valence-corrected chi connectivity index (χ2v) is 4.89. The molecule has 0 spiro atoms. The molecular formula is C14H16N2O4. The maximum Gasteiger partial charge on any atom is 0.307 e. The molecule has 20 heavy (non-hydrogen) atoms. The number of amides is 2. The Bertz CT molecular complexity index is 556. The highest BCUT2D eigenvalue weighted by Gasteiger charge is 2.48. The Kier molecular flexibility index (Phi) is 4.02. The van der Waals surface area contributed by atoms with Crippen molar-refractivity contribution in [3.05, 3.63) is 29.8 Å². The summed E-state index contributed by atoms with van der Waals surface area (Å²) in [5.41, 5.74) is 1.51. The first-order chi connectivity index (χ1) is 9.47. The predicted molar refractivity (Wildman–Crippen MR) is 71.8 cm³/mol.